The highest BCUT2D eigenvalue weighted by atomic mass is 19.1. The molecule has 1 unspecified atom stereocenters. The second kappa shape index (κ2) is 8.16. The van der Waals surface area contributed by atoms with Gasteiger partial charge in [0.2, 0.25) is 0 Å². The van der Waals surface area contributed by atoms with Crippen molar-refractivity contribution in [2.24, 2.45) is 5.92 Å². The van der Waals surface area contributed by atoms with Crippen LogP contribution in [-0.4, -0.2) is 38.1 Å². The summed E-state index contributed by atoms with van der Waals surface area (Å²) in [5, 5.41) is 1.98. The van der Waals surface area contributed by atoms with Crippen LogP contribution in [0, 0.1) is 11.7 Å². The fourth-order valence-corrected chi connectivity index (χ4v) is 3.57. The molecule has 1 aliphatic carbocycles. The van der Waals surface area contributed by atoms with Gasteiger partial charge in [0.15, 0.2) is 11.5 Å². The van der Waals surface area contributed by atoms with Gasteiger partial charge in [-0.3, -0.25) is 0 Å². The summed E-state index contributed by atoms with van der Waals surface area (Å²) in [6, 6.07) is 4.38. The van der Waals surface area contributed by atoms with Gasteiger partial charge in [0.05, 0.1) is 32.1 Å². The van der Waals surface area contributed by atoms with E-state index >= 15 is 0 Å². The van der Waals surface area contributed by atoms with Crippen molar-refractivity contribution in [3.05, 3.63) is 35.7 Å². The lowest BCUT2D eigenvalue weighted by molar-refractivity contribution is -0.571. The highest BCUT2D eigenvalue weighted by Crippen LogP contribution is 2.38. The third-order valence-electron chi connectivity index (χ3n) is 4.87. The van der Waals surface area contributed by atoms with Crippen molar-refractivity contribution in [2.75, 3.05) is 32.1 Å². The van der Waals surface area contributed by atoms with E-state index < -0.39 is 5.79 Å². The molecule has 1 heterocycles. The number of carbonyl (C=O) groups is 1. The fourth-order valence-electron chi connectivity index (χ4n) is 3.57. The molecule has 1 fully saturated rings. The quantitative estimate of drug-likeness (QED) is 0.591. The Labute approximate surface area is 152 Å². The number of nitrogen functional groups attached to an aromatic ring is 1. The van der Waals surface area contributed by atoms with Crippen molar-refractivity contribution >= 4 is 17.3 Å². The molecular weight excluding hydrogens is 339 g/mol. The van der Waals surface area contributed by atoms with Gasteiger partial charge in [-0.15, -0.1) is 0 Å². The molecule has 6 nitrogen and oxygen atoms in total. The normalized spacial score (nSPS) is 21.6. The maximum absolute atomic E-state index is 13.1. The summed E-state index contributed by atoms with van der Waals surface area (Å²) < 4.78 is 29.8. The van der Waals surface area contributed by atoms with E-state index in [0.717, 1.165) is 31.5 Å². The Morgan fingerprint density at radius 2 is 2.19 bits per heavy atom. The standard InChI is InChI=1S/C19H25FN2O4/c1-2-24-18(23)15-12-19(25-9-10-26-19)7-5-13(15)6-8-22-17-4-3-14(20)11-16(17)21/h3-4,11-13,22H,2,5-10,21H2,1H3/p+1. The molecule has 1 aromatic rings. The highest BCUT2D eigenvalue weighted by Gasteiger charge is 2.41. The van der Waals surface area contributed by atoms with E-state index in [0.29, 0.717) is 31.1 Å². The first-order valence-electron chi connectivity index (χ1n) is 9.09. The smallest absolute Gasteiger partial charge is 0.334 e. The number of hydrogen-bond acceptors (Lipinski definition) is 5. The van der Waals surface area contributed by atoms with Gasteiger partial charge in [-0.2, -0.15) is 0 Å². The number of rotatable bonds is 6. The highest BCUT2D eigenvalue weighted by molar-refractivity contribution is 5.89. The second-order valence-electron chi connectivity index (χ2n) is 6.62. The van der Waals surface area contributed by atoms with Crippen LogP contribution in [0.3, 0.4) is 0 Å². The minimum absolute atomic E-state index is 0.0744. The molecule has 1 spiro atoms. The molecule has 0 bridgehead atoms. The van der Waals surface area contributed by atoms with Gasteiger partial charge in [-0.1, -0.05) is 0 Å². The van der Waals surface area contributed by atoms with Crippen molar-refractivity contribution in [3.63, 3.8) is 0 Å². The van der Waals surface area contributed by atoms with E-state index in [2.05, 4.69) is 0 Å². The molecule has 0 saturated carbocycles. The van der Waals surface area contributed by atoms with Crippen molar-refractivity contribution in [2.45, 2.75) is 32.0 Å². The Hall–Kier alpha value is -1.96. The third-order valence-corrected chi connectivity index (χ3v) is 4.87. The summed E-state index contributed by atoms with van der Waals surface area (Å²) in [5.74, 6) is -1.35. The van der Waals surface area contributed by atoms with Crippen LogP contribution in [0.5, 0.6) is 0 Å². The molecule has 142 valence electrons. The number of nitrogens with two attached hydrogens (primary N) is 2. The molecule has 0 radical (unpaired) electrons. The lowest BCUT2D eigenvalue weighted by Gasteiger charge is -2.33. The molecule has 2 aliphatic rings. The van der Waals surface area contributed by atoms with Gasteiger partial charge in [0.1, 0.15) is 5.82 Å². The Morgan fingerprint density at radius 1 is 1.42 bits per heavy atom. The molecule has 1 atom stereocenters. The number of hydrogen-bond donors (Lipinski definition) is 2. The van der Waals surface area contributed by atoms with Crippen molar-refractivity contribution in [3.8, 4) is 0 Å². The lowest BCUT2D eigenvalue weighted by atomic mass is 9.82. The maximum Gasteiger partial charge on any atom is 0.334 e. The summed E-state index contributed by atoms with van der Waals surface area (Å²) in [6.45, 7) is 3.92. The predicted octanol–water partition coefficient (Wildman–Crippen LogP) is 1.64. The van der Waals surface area contributed by atoms with E-state index in [9.17, 15) is 9.18 Å². The molecule has 1 aromatic carbocycles. The van der Waals surface area contributed by atoms with Crippen LogP contribution in [0.15, 0.2) is 29.8 Å². The molecular formula is C19H26FN2O4+. The zero-order chi connectivity index (χ0) is 18.6. The van der Waals surface area contributed by atoms with Gasteiger partial charge in [0, 0.05) is 30.5 Å². The molecule has 0 aromatic heterocycles. The summed E-state index contributed by atoms with van der Waals surface area (Å²) in [7, 11) is 0. The molecule has 1 aliphatic heterocycles. The SMILES string of the molecule is CCOC(=O)C1=CC2(CCC1CC[NH2+]c1ccc(F)cc1N)OCCO2. The number of benzene rings is 1. The average molecular weight is 365 g/mol. The van der Waals surface area contributed by atoms with Gasteiger partial charge >= 0.3 is 5.97 Å². The first kappa shape index (κ1) is 18.8. The van der Waals surface area contributed by atoms with E-state index in [-0.39, 0.29) is 17.7 Å². The predicted molar refractivity (Wildman–Crippen MR) is 94.0 cm³/mol. The number of esters is 1. The number of halogens is 1. The lowest BCUT2D eigenvalue weighted by Crippen LogP contribution is -2.78. The van der Waals surface area contributed by atoms with E-state index in [1.807, 2.05) is 5.32 Å². The van der Waals surface area contributed by atoms with Gasteiger partial charge in [-0.05, 0) is 31.4 Å². The van der Waals surface area contributed by atoms with E-state index in [1.165, 1.54) is 12.1 Å². The zero-order valence-corrected chi connectivity index (χ0v) is 15.0. The third kappa shape index (κ3) is 4.23. The molecule has 26 heavy (non-hydrogen) atoms. The summed E-state index contributed by atoms with van der Waals surface area (Å²) in [6.07, 6.45) is 4.09. The molecule has 4 N–H and O–H groups in total. The number of anilines is 1. The second-order valence-corrected chi connectivity index (χ2v) is 6.62. The topological polar surface area (TPSA) is 87.4 Å². The van der Waals surface area contributed by atoms with E-state index in [1.54, 1.807) is 19.1 Å². The summed E-state index contributed by atoms with van der Waals surface area (Å²) in [4.78, 5) is 12.4. The minimum Gasteiger partial charge on any atom is -0.463 e. The van der Waals surface area contributed by atoms with Gasteiger partial charge < -0.3 is 25.3 Å². The van der Waals surface area contributed by atoms with Crippen LogP contribution in [-0.2, 0) is 19.0 Å². The largest absolute Gasteiger partial charge is 0.463 e. The van der Waals surface area contributed by atoms with E-state index in [4.69, 9.17) is 19.9 Å². The Morgan fingerprint density at radius 3 is 2.88 bits per heavy atom. The first-order valence-corrected chi connectivity index (χ1v) is 9.09. The summed E-state index contributed by atoms with van der Waals surface area (Å²) in [5.41, 5.74) is 7.70. The number of quaternary nitrogens is 1. The van der Waals surface area contributed by atoms with Crippen molar-refractivity contribution in [1.82, 2.24) is 0 Å². The Kier molecular flexibility index (Phi) is 5.90. The van der Waals surface area contributed by atoms with Crippen molar-refractivity contribution in [1.29, 1.82) is 0 Å². The maximum atomic E-state index is 13.1. The minimum atomic E-state index is -0.774. The van der Waals surface area contributed by atoms with Gasteiger partial charge in [-0.25, -0.2) is 9.18 Å². The molecule has 1 saturated heterocycles. The monoisotopic (exact) mass is 365 g/mol. The Bertz CT molecular complexity index is 686. The fraction of sp³-hybridized carbons (Fsp3) is 0.526. The van der Waals surface area contributed by atoms with Crippen LogP contribution in [0.2, 0.25) is 0 Å². The first-order chi connectivity index (χ1) is 12.5. The average Bonchev–Trinajstić information content (AvgIpc) is 3.06. The number of carbonyl (C=O) groups excluding carboxylic acids is 1. The zero-order valence-electron chi connectivity index (χ0n) is 15.0. The summed E-state index contributed by atoms with van der Waals surface area (Å²) >= 11 is 0. The van der Waals surface area contributed by atoms with Crippen LogP contribution in [0.25, 0.3) is 0 Å². The van der Waals surface area contributed by atoms with Crippen LogP contribution >= 0.6 is 0 Å². The molecule has 0 amide bonds. The molecule has 7 heteroatoms. The van der Waals surface area contributed by atoms with Crippen LogP contribution in [0.4, 0.5) is 15.8 Å². The number of ether oxygens (including phenoxy) is 3. The van der Waals surface area contributed by atoms with Crippen LogP contribution in [0.1, 0.15) is 26.2 Å². The van der Waals surface area contributed by atoms with Crippen LogP contribution < -0.4 is 11.1 Å². The van der Waals surface area contributed by atoms with Crippen molar-refractivity contribution < 1.29 is 28.7 Å². The molecule has 3 rings (SSSR count). The Balaban J connectivity index is 1.66. The van der Waals surface area contributed by atoms with Gasteiger partial charge in [0.25, 0.3) is 0 Å².